The van der Waals surface area contributed by atoms with Crippen LogP contribution in [0.5, 0.6) is 5.75 Å². The topological polar surface area (TPSA) is 71.5 Å². The maximum atomic E-state index is 14.1. The highest BCUT2D eigenvalue weighted by Crippen LogP contribution is 2.36. The molecule has 0 radical (unpaired) electrons. The van der Waals surface area contributed by atoms with Crippen molar-refractivity contribution in [1.82, 2.24) is 10.3 Å². The summed E-state index contributed by atoms with van der Waals surface area (Å²) in [4.78, 5) is 16.6. The molecule has 2 aromatic rings. The van der Waals surface area contributed by atoms with E-state index in [2.05, 4.69) is 15.0 Å². The lowest BCUT2D eigenvalue weighted by Crippen LogP contribution is -2.41. The van der Waals surface area contributed by atoms with Crippen LogP contribution in [0.25, 0.3) is 10.9 Å². The van der Waals surface area contributed by atoms with Crippen LogP contribution in [-0.4, -0.2) is 34.3 Å². The minimum absolute atomic E-state index is 0.0288. The van der Waals surface area contributed by atoms with Crippen LogP contribution < -0.4 is 10.1 Å². The average molecular weight is 431 g/mol. The van der Waals surface area contributed by atoms with Gasteiger partial charge in [-0.05, 0) is 57.6 Å². The van der Waals surface area contributed by atoms with E-state index in [-0.39, 0.29) is 39.4 Å². The van der Waals surface area contributed by atoms with Gasteiger partial charge in [-0.3, -0.25) is 9.78 Å². The van der Waals surface area contributed by atoms with E-state index in [4.69, 9.17) is 11.6 Å². The molecule has 1 aliphatic carbocycles. The number of ether oxygens (including phenoxy) is 1. The SMILES string of the molecule is CC(C)(O)[C@H]1CC[C@H](NC(=O)c2cnc3c(Cl)c(OC(F)F)c(F)cc3c2)CC1. The first-order chi connectivity index (χ1) is 13.6. The van der Waals surface area contributed by atoms with E-state index in [1.807, 2.05) is 0 Å². The van der Waals surface area contributed by atoms with Crippen molar-refractivity contribution in [2.45, 2.75) is 57.8 Å². The molecule has 0 bridgehead atoms. The van der Waals surface area contributed by atoms with Gasteiger partial charge in [0.25, 0.3) is 5.91 Å². The van der Waals surface area contributed by atoms with Gasteiger partial charge in [0.15, 0.2) is 11.6 Å². The second-order valence-electron chi connectivity index (χ2n) is 7.85. The Balaban J connectivity index is 1.74. The van der Waals surface area contributed by atoms with Crippen molar-refractivity contribution in [3.05, 3.63) is 34.7 Å². The molecule has 0 atom stereocenters. The van der Waals surface area contributed by atoms with E-state index in [0.717, 1.165) is 31.7 Å². The number of alkyl halides is 2. The van der Waals surface area contributed by atoms with Gasteiger partial charge in [-0.15, -0.1) is 0 Å². The number of carbonyl (C=O) groups is 1. The number of amides is 1. The number of rotatable bonds is 5. The van der Waals surface area contributed by atoms with Crippen molar-refractivity contribution < 1.29 is 27.8 Å². The monoisotopic (exact) mass is 430 g/mol. The third-order valence-corrected chi connectivity index (χ3v) is 5.70. The third kappa shape index (κ3) is 4.93. The van der Waals surface area contributed by atoms with Crippen LogP contribution in [0.4, 0.5) is 13.2 Å². The number of nitrogens with zero attached hydrogens (tertiary/aromatic N) is 1. The van der Waals surface area contributed by atoms with E-state index in [0.29, 0.717) is 0 Å². The molecule has 0 saturated heterocycles. The quantitative estimate of drug-likeness (QED) is 0.722. The largest absolute Gasteiger partial charge is 0.430 e. The summed E-state index contributed by atoms with van der Waals surface area (Å²) in [7, 11) is 0. The van der Waals surface area contributed by atoms with Crippen molar-refractivity contribution in [1.29, 1.82) is 0 Å². The van der Waals surface area contributed by atoms with E-state index in [1.54, 1.807) is 13.8 Å². The summed E-state index contributed by atoms with van der Waals surface area (Å²) in [5.74, 6) is -2.02. The lowest BCUT2D eigenvalue weighted by atomic mass is 9.77. The Hall–Kier alpha value is -2.06. The van der Waals surface area contributed by atoms with Crippen LogP contribution >= 0.6 is 11.6 Å². The molecule has 1 aromatic heterocycles. The Morgan fingerprint density at radius 1 is 1.31 bits per heavy atom. The summed E-state index contributed by atoms with van der Waals surface area (Å²) in [6.07, 6.45) is 4.36. The van der Waals surface area contributed by atoms with E-state index in [1.165, 1.54) is 12.3 Å². The first kappa shape index (κ1) is 21.6. The van der Waals surface area contributed by atoms with E-state index >= 15 is 0 Å². The number of hydrogen-bond acceptors (Lipinski definition) is 4. The Morgan fingerprint density at radius 3 is 2.55 bits per heavy atom. The smallest absolute Gasteiger partial charge is 0.387 e. The minimum atomic E-state index is -3.23. The third-order valence-electron chi connectivity index (χ3n) is 5.35. The fourth-order valence-corrected chi connectivity index (χ4v) is 4.02. The summed E-state index contributed by atoms with van der Waals surface area (Å²) < 4.78 is 43.1. The van der Waals surface area contributed by atoms with Crippen molar-refractivity contribution in [2.24, 2.45) is 5.92 Å². The molecule has 0 aliphatic heterocycles. The summed E-state index contributed by atoms with van der Waals surface area (Å²) >= 11 is 5.95. The van der Waals surface area contributed by atoms with Crippen molar-refractivity contribution in [3.8, 4) is 5.75 Å². The van der Waals surface area contributed by atoms with Gasteiger partial charge in [0, 0.05) is 17.6 Å². The van der Waals surface area contributed by atoms with Crippen LogP contribution in [0.3, 0.4) is 0 Å². The normalized spacial score (nSPS) is 20.1. The van der Waals surface area contributed by atoms with Gasteiger partial charge >= 0.3 is 6.61 Å². The van der Waals surface area contributed by atoms with Crippen molar-refractivity contribution in [2.75, 3.05) is 0 Å². The van der Waals surface area contributed by atoms with E-state index < -0.39 is 23.8 Å². The number of hydrogen-bond donors (Lipinski definition) is 2. The second kappa shape index (κ2) is 8.36. The van der Waals surface area contributed by atoms with Gasteiger partial charge in [-0.1, -0.05) is 11.6 Å². The summed E-state index contributed by atoms with van der Waals surface area (Å²) in [6, 6.07) is 2.33. The molecule has 5 nitrogen and oxygen atoms in total. The summed E-state index contributed by atoms with van der Waals surface area (Å²) in [5.41, 5.74) is -0.473. The first-order valence-corrected chi connectivity index (χ1v) is 9.70. The van der Waals surface area contributed by atoms with E-state index in [9.17, 15) is 23.1 Å². The molecular weight excluding hydrogens is 409 g/mol. The number of halogens is 4. The predicted octanol–water partition coefficient (Wildman–Crippen LogP) is 4.69. The molecule has 158 valence electrons. The van der Waals surface area contributed by atoms with Gasteiger partial charge < -0.3 is 15.2 Å². The fraction of sp³-hybridized carbons (Fsp3) is 0.500. The maximum Gasteiger partial charge on any atom is 0.387 e. The first-order valence-electron chi connectivity index (χ1n) is 9.32. The fourth-order valence-electron chi connectivity index (χ4n) is 3.72. The number of carbonyl (C=O) groups excluding carboxylic acids is 1. The molecular formula is C20H22ClF3N2O3. The number of nitrogens with one attached hydrogen (secondary N) is 1. The summed E-state index contributed by atoms with van der Waals surface area (Å²) in [6.45, 7) is 0.356. The molecule has 29 heavy (non-hydrogen) atoms. The predicted molar refractivity (Wildman–Crippen MR) is 103 cm³/mol. The molecule has 1 heterocycles. The van der Waals surface area contributed by atoms with Gasteiger partial charge in [0.05, 0.1) is 16.7 Å². The molecule has 1 saturated carbocycles. The number of benzene rings is 1. The van der Waals surface area contributed by atoms with Gasteiger partial charge in [-0.2, -0.15) is 8.78 Å². The number of pyridine rings is 1. The van der Waals surface area contributed by atoms with Crippen LogP contribution in [-0.2, 0) is 0 Å². The molecule has 1 amide bonds. The lowest BCUT2D eigenvalue weighted by Gasteiger charge is -2.36. The molecule has 2 N–H and O–H groups in total. The minimum Gasteiger partial charge on any atom is -0.430 e. The zero-order valence-electron chi connectivity index (χ0n) is 16.0. The Kier molecular flexibility index (Phi) is 6.24. The average Bonchev–Trinajstić information content (AvgIpc) is 2.64. The highest BCUT2D eigenvalue weighted by molar-refractivity contribution is 6.36. The van der Waals surface area contributed by atoms with Gasteiger partial charge in [0.1, 0.15) is 5.02 Å². The second-order valence-corrected chi connectivity index (χ2v) is 8.23. The highest BCUT2D eigenvalue weighted by atomic mass is 35.5. The van der Waals surface area contributed by atoms with Crippen LogP contribution in [0, 0.1) is 11.7 Å². The molecule has 3 rings (SSSR count). The maximum absolute atomic E-state index is 14.1. The molecule has 1 aliphatic rings. The number of aromatic nitrogens is 1. The molecule has 1 fully saturated rings. The van der Waals surface area contributed by atoms with Gasteiger partial charge in [-0.25, -0.2) is 4.39 Å². The van der Waals surface area contributed by atoms with Crippen LogP contribution in [0.15, 0.2) is 18.3 Å². The standard InChI is InChI=1S/C20H22ClF3N2O3/c1-20(2,28)12-3-5-13(6-4-12)26-18(27)11-7-10-8-14(22)17(29-19(23)24)15(21)16(10)25-9-11/h7-9,12-13,19,28H,3-6H2,1-2H3,(H,26,27)/t12-,13-. The van der Waals surface area contributed by atoms with Crippen LogP contribution in [0.1, 0.15) is 49.9 Å². The molecule has 1 aromatic carbocycles. The Labute approximate surface area is 171 Å². The molecule has 0 spiro atoms. The van der Waals surface area contributed by atoms with Crippen molar-refractivity contribution >= 4 is 28.4 Å². The van der Waals surface area contributed by atoms with Gasteiger partial charge in [0.2, 0.25) is 0 Å². The zero-order valence-corrected chi connectivity index (χ0v) is 16.8. The lowest BCUT2D eigenvalue weighted by molar-refractivity contribution is -0.0520. The Bertz CT molecular complexity index is 910. The number of aliphatic hydroxyl groups is 1. The zero-order chi connectivity index (χ0) is 21.3. The van der Waals surface area contributed by atoms with Crippen molar-refractivity contribution in [3.63, 3.8) is 0 Å². The molecule has 0 unspecified atom stereocenters. The Morgan fingerprint density at radius 2 is 1.97 bits per heavy atom. The summed E-state index contributed by atoms with van der Waals surface area (Å²) in [5, 5.41) is 12.9. The molecule has 9 heteroatoms. The number of fused-ring (bicyclic) bond motifs is 1. The highest BCUT2D eigenvalue weighted by Gasteiger charge is 2.32. The van der Waals surface area contributed by atoms with Crippen LogP contribution in [0.2, 0.25) is 5.02 Å².